The maximum Gasteiger partial charge on any atom is 0.348 e. The van der Waals surface area contributed by atoms with Crippen molar-refractivity contribution in [2.24, 2.45) is 5.10 Å². The molecule has 1 aliphatic rings. The third-order valence-corrected chi connectivity index (χ3v) is 4.01. The van der Waals surface area contributed by atoms with Crippen molar-refractivity contribution < 1.29 is 18.8 Å². The third-order valence-electron chi connectivity index (χ3n) is 3.32. The number of carbonyl (C=O) groups excluding carboxylic acids is 3. The molecule has 2 aromatic rings. The highest BCUT2D eigenvalue weighted by molar-refractivity contribution is 7.13. The summed E-state index contributed by atoms with van der Waals surface area (Å²) in [5, 5.41) is 9.30. The van der Waals surface area contributed by atoms with Gasteiger partial charge in [-0.25, -0.2) is 24.5 Å². The average Bonchev–Trinajstić information content (AvgIpc) is 3.32. The molecule has 3 rings (SSSR count). The van der Waals surface area contributed by atoms with E-state index < -0.39 is 18.1 Å². The number of nitrogens with zero attached hydrogens (tertiary/aromatic N) is 4. The maximum atomic E-state index is 12.2. The Morgan fingerprint density at radius 2 is 2.40 bits per heavy atom. The van der Waals surface area contributed by atoms with Gasteiger partial charge in [0.25, 0.3) is 0 Å². The van der Waals surface area contributed by atoms with Crippen molar-refractivity contribution in [1.29, 1.82) is 0 Å². The van der Waals surface area contributed by atoms with Gasteiger partial charge in [0.05, 0.1) is 31.3 Å². The first-order valence-electron chi connectivity index (χ1n) is 7.14. The number of hydrogen-bond donors (Lipinski definition) is 2. The zero-order chi connectivity index (χ0) is 17.8. The van der Waals surface area contributed by atoms with Crippen LogP contribution in [-0.2, 0) is 4.79 Å². The molecular formula is C14H13N6O4S. The number of nitrogens with one attached hydrogen (secondary N) is 1. The van der Waals surface area contributed by atoms with E-state index in [1.807, 2.05) is 0 Å². The zero-order valence-electron chi connectivity index (χ0n) is 12.8. The highest BCUT2D eigenvalue weighted by Crippen LogP contribution is 2.18. The van der Waals surface area contributed by atoms with Gasteiger partial charge in [-0.05, 0) is 12.1 Å². The van der Waals surface area contributed by atoms with Gasteiger partial charge in [-0.2, -0.15) is 5.10 Å². The van der Waals surface area contributed by atoms with Crippen LogP contribution in [0.15, 0.2) is 33.3 Å². The first-order valence-corrected chi connectivity index (χ1v) is 8.02. The molecule has 1 unspecified atom stereocenters. The summed E-state index contributed by atoms with van der Waals surface area (Å²) in [6, 6.07) is 0.921. The number of thiazole rings is 1. The normalized spacial score (nSPS) is 15.8. The Morgan fingerprint density at radius 3 is 3.04 bits per heavy atom. The van der Waals surface area contributed by atoms with Crippen LogP contribution in [0.1, 0.15) is 17.5 Å². The van der Waals surface area contributed by atoms with E-state index in [-0.39, 0.29) is 23.9 Å². The van der Waals surface area contributed by atoms with Crippen LogP contribution in [0.5, 0.6) is 0 Å². The summed E-state index contributed by atoms with van der Waals surface area (Å²) < 4.78 is 5.08. The van der Waals surface area contributed by atoms with Crippen LogP contribution in [0.3, 0.4) is 0 Å². The Bertz CT molecular complexity index is 802. The standard InChI is InChI=1S/C14H13N6O4S/c15-12-17-11(8-25-12)10(7-21)18-13(22)19-3-4-20(14(19)23)16-6-9-2-1-5-24-9/h1-2,5-6,8,10H,3-4H2,(H2,15,17)(H,18,22). The molecule has 0 aromatic carbocycles. The van der Waals surface area contributed by atoms with Crippen LogP contribution in [0.2, 0.25) is 0 Å². The molecule has 10 nitrogen and oxygen atoms in total. The first-order chi connectivity index (χ1) is 12.1. The zero-order valence-corrected chi connectivity index (χ0v) is 13.6. The summed E-state index contributed by atoms with van der Waals surface area (Å²) in [5.41, 5.74) is 5.78. The lowest BCUT2D eigenvalue weighted by Crippen LogP contribution is -2.43. The number of carbonyl (C=O) groups is 2. The molecule has 1 aliphatic heterocycles. The fraction of sp³-hybridized carbons (Fsp3) is 0.214. The largest absolute Gasteiger partial charge is 0.463 e. The van der Waals surface area contributed by atoms with Crippen molar-refractivity contribution >= 4 is 41.0 Å². The Morgan fingerprint density at radius 1 is 1.56 bits per heavy atom. The van der Waals surface area contributed by atoms with Crippen molar-refractivity contribution in [1.82, 2.24) is 20.2 Å². The van der Waals surface area contributed by atoms with E-state index in [4.69, 9.17) is 10.2 Å². The van der Waals surface area contributed by atoms with Gasteiger partial charge >= 0.3 is 12.1 Å². The Labute approximate surface area is 145 Å². The summed E-state index contributed by atoms with van der Waals surface area (Å²) in [6.07, 6.45) is 4.52. The summed E-state index contributed by atoms with van der Waals surface area (Å²) in [5.74, 6) is 0.479. The molecule has 3 N–H and O–H groups in total. The second kappa shape index (κ2) is 7.13. The van der Waals surface area contributed by atoms with Crippen LogP contribution < -0.4 is 11.1 Å². The highest BCUT2D eigenvalue weighted by Gasteiger charge is 2.34. The van der Waals surface area contributed by atoms with E-state index >= 15 is 0 Å². The lowest BCUT2D eigenvalue weighted by molar-refractivity contribution is 0.185. The lowest BCUT2D eigenvalue weighted by Gasteiger charge is -2.17. The van der Waals surface area contributed by atoms with Crippen LogP contribution in [0.25, 0.3) is 0 Å². The van der Waals surface area contributed by atoms with Crippen molar-refractivity contribution in [3.8, 4) is 0 Å². The molecule has 1 saturated heterocycles. The number of nitrogens with two attached hydrogens (primary N) is 1. The molecule has 2 aromatic heterocycles. The van der Waals surface area contributed by atoms with Gasteiger partial charge < -0.3 is 15.5 Å². The number of rotatable bonds is 5. The minimum Gasteiger partial charge on any atom is -0.463 e. The van der Waals surface area contributed by atoms with E-state index in [0.29, 0.717) is 5.76 Å². The first kappa shape index (κ1) is 16.6. The van der Waals surface area contributed by atoms with Crippen molar-refractivity contribution in [2.75, 3.05) is 18.8 Å². The molecule has 1 atom stereocenters. The summed E-state index contributed by atoms with van der Waals surface area (Å²) >= 11 is 1.13. The number of aromatic nitrogens is 1. The molecule has 0 saturated carbocycles. The minimum atomic E-state index is -1.10. The number of hydrogen-bond acceptors (Lipinski definition) is 8. The second-order valence-corrected chi connectivity index (χ2v) is 5.82. The maximum absolute atomic E-state index is 12.2. The van der Waals surface area contributed by atoms with Gasteiger partial charge in [-0.15, -0.1) is 11.3 Å². The number of amides is 4. The average molecular weight is 361 g/mol. The SMILES string of the molecule is Nc1nc(C([C]=O)NC(=O)N2CCN(N=Cc3ccco3)C2=O)cs1. The Kier molecular flexibility index (Phi) is 4.75. The van der Waals surface area contributed by atoms with Crippen LogP contribution in [-0.4, -0.2) is 52.5 Å². The topological polar surface area (TPSA) is 134 Å². The summed E-state index contributed by atoms with van der Waals surface area (Å²) in [4.78, 5) is 40.4. The minimum absolute atomic E-state index is 0.130. The predicted octanol–water partition coefficient (Wildman–Crippen LogP) is 0.950. The van der Waals surface area contributed by atoms with Crippen molar-refractivity contribution in [3.05, 3.63) is 35.2 Å². The van der Waals surface area contributed by atoms with E-state index in [0.717, 1.165) is 21.2 Å². The molecule has 1 fully saturated rings. The van der Waals surface area contributed by atoms with E-state index in [2.05, 4.69) is 15.4 Å². The molecule has 4 amide bonds. The molecule has 0 aliphatic carbocycles. The monoisotopic (exact) mass is 361 g/mol. The molecule has 25 heavy (non-hydrogen) atoms. The van der Waals surface area contributed by atoms with Gasteiger partial charge in [0.15, 0.2) is 5.13 Å². The Balaban J connectivity index is 1.62. The van der Waals surface area contributed by atoms with Gasteiger partial charge in [0.2, 0.25) is 6.29 Å². The number of imide groups is 1. The fourth-order valence-corrected chi connectivity index (χ4v) is 2.70. The predicted molar refractivity (Wildman–Crippen MR) is 88.6 cm³/mol. The molecule has 1 radical (unpaired) electrons. The van der Waals surface area contributed by atoms with Gasteiger partial charge in [0.1, 0.15) is 11.8 Å². The highest BCUT2D eigenvalue weighted by atomic mass is 32.1. The molecule has 0 bridgehead atoms. The lowest BCUT2D eigenvalue weighted by atomic mass is 10.2. The number of nitrogen functional groups attached to an aromatic ring is 1. The molecule has 3 heterocycles. The Hall–Kier alpha value is -3.21. The molecule has 11 heteroatoms. The summed E-state index contributed by atoms with van der Waals surface area (Å²) in [7, 11) is 0. The van der Waals surface area contributed by atoms with E-state index in [1.54, 1.807) is 18.4 Å². The van der Waals surface area contributed by atoms with Crippen LogP contribution in [0.4, 0.5) is 14.7 Å². The number of furan rings is 1. The number of urea groups is 2. The molecule has 129 valence electrons. The van der Waals surface area contributed by atoms with Gasteiger partial charge in [-0.1, -0.05) is 0 Å². The molecule has 0 spiro atoms. The van der Waals surface area contributed by atoms with Gasteiger partial charge in [-0.3, -0.25) is 4.79 Å². The number of hydrazone groups is 1. The quantitative estimate of drug-likeness (QED) is 0.762. The van der Waals surface area contributed by atoms with E-state index in [9.17, 15) is 14.4 Å². The van der Waals surface area contributed by atoms with Gasteiger partial charge in [0, 0.05) is 5.38 Å². The second-order valence-electron chi connectivity index (χ2n) is 4.93. The van der Waals surface area contributed by atoms with E-state index in [1.165, 1.54) is 17.9 Å². The molecular weight excluding hydrogens is 348 g/mol. The fourth-order valence-electron chi connectivity index (χ4n) is 2.11. The van der Waals surface area contributed by atoms with Crippen molar-refractivity contribution in [2.45, 2.75) is 6.04 Å². The number of anilines is 1. The van der Waals surface area contributed by atoms with Crippen molar-refractivity contribution in [3.63, 3.8) is 0 Å². The van der Waals surface area contributed by atoms with Crippen LogP contribution in [0, 0.1) is 0 Å². The third kappa shape index (κ3) is 3.66. The van der Waals surface area contributed by atoms with Crippen LogP contribution >= 0.6 is 11.3 Å². The smallest absolute Gasteiger partial charge is 0.348 e. The summed E-state index contributed by atoms with van der Waals surface area (Å²) in [6.45, 7) is 0.355.